The molecule has 1 aromatic rings. The van der Waals surface area contributed by atoms with Gasteiger partial charge in [0, 0.05) is 6.04 Å². The van der Waals surface area contributed by atoms with Crippen molar-refractivity contribution in [3.8, 4) is 5.75 Å². The van der Waals surface area contributed by atoms with Crippen LogP contribution in [0.5, 0.6) is 5.75 Å². The van der Waals surface area contributed by atoms with E-state index in [1.165, 1.54) is 16.7 Å². The molecule has 1 atom stereocenters. The summed E-state index contributed by atoms with van der Waals surface area (Å²) in [7, 11) is 3.75. The summed E-state index contributed by atoms with van der Waals surface area (Å²) in [5.74, 6) is 2.34. The maximum atomic E-state index is 5.48. The highest BCUT2D eigenvalue weighted by atomic mass is 32.1. The van der Waals surface area contributed by atoms with E-state index in [4.69, 9.17) is 4.74 Å². The fourth-order valence-electron chi connectivity index (χ4n) is 2.30. The van der Waals surface area contributed by atoms with E-state index in [0.717, 1.165) is 17.9 Å². The van der Waals surface area contributed by atoms with Crippen LogP contribution in [0.15, 0.2) is 12.1 Å². The molecule has 102 valence electrons. The lowest BCUT2D eigenvalue weighted by Gasteiger charge is -2.22. The molecule has 0 amide bonds. The number of rotatable bonds is 6. The molecule has 18 heavy (non-hydrogen) atoms. The van der Waals surface area contributed by atoms with Gasteiger partial charge in [-0.1, -0.05) is 19.9 Å². The lowest BCUT2D eigenvalue weighted by atomic mass is 9.92. The number of ether oxygens (including phenoxy) is 1. The van der Waals surface area contributed by atoms with Gasteiger partial charge in [-0.2, -0.15) is 12.6 Å². The molecule has 1 unspecified atom stereocenters. The third-order valence-electron chi connectivity index (χ3n) is 3.38. The van der Waals surface area contributed by atoms with Crippen LogP contribution in [0.4, 0.5) is 0 Å². The molecule has 0 aliphatic rings. The fourth-order valence-corrected chi connectivity index (χ4v) is 2.56. The highest BCUT2D eigenvalue weighted by Gasteiger charge is 2.16. The van der Waals surface area contributed by atoms with Gasteiger partial charge in [-0.25, -0.2) is 0 Å². The highest BCUT2D eigenvalue weighted by molar-refractivity contribution is 7.80. The predicted molar refractivity (Wildman–Crippen MR) is 82.1 cm³/mol. The summed E-state index contributed by atoms with van der Waals surface area (Å²) >= 11 is 4.34. The first-order chi connectivity index (χ1) is 8.54. The van der Waals surface area contributed by atoms with E-state index in [2.05, 4.69) is 50.8 Å². The normalized spacial score (nSPS) is 12.8. The highest BCUT2D eigenvalue weighted by Crippen LogP contribution is 2.32. The minimum atomic E-state index is 0.367. The Morgan fingerprint density at radius 1 is 1.28 bits per heavy atom. The van der Waals surface area contributed by atoms with Gasteiger partial charge < -0.3 is 10.1 Å². The summed E-state index contributed by atoms with van der Waals surface area (Å²) in [6.07, 6.45) is 1.03. The molecule has 0 spiro atoms. The third kappa shape index (κ3) is 3.42. The van der Waals surface area contributed by atoms with Gasteiger partial charge in [-0.3, -0.25) is 0 Å². The molecule has 0 saturated heterocycles. The SMILES string of the molecule is CNC(CCS)c1cc(C(C)C)c(OC)cc1C. The van der Waals surface area contributed by atoms with Crippen LogP contribution in [0.3, 0.4) is 0 Å². The first kappa shape index (κ1) is 15.4. The largest absolute Gasteiger partial charge is 0.496 e. The molecule has 0 saturated carbocycles. The number of nitrogens with one attached hydrogen (secondary N) is 1. The van der Waals surface area contributed by atoms with Crippen LogP contribution in [-0.2, 0) is 0 Å². The van der Waals surface area contributed by atoms with Crippen LogP contribution in [0, 0.1) is 6.92 Å². The number of hydrogen-bond acceptors (Lipinski definition) is 3. The molecule has 1 rings (SSSR count). The van der Waals surface area contributed by atoms with Crippen LogP contribution in [0.1, 0.15) is 48.9 Å². The van der Waals surface area contributed by atoms with Crippen molar-refractivity contribution < 1.29 is 4.74 Å². The maximum Gasteiger partial charge on any atom is 0.122 e. The Bertz CT molecular complexity index is 390. The first-order valence-electron chi connectivity index (χ1n) is 6.51. The quantitative estimate of drug-likeness (QED) is 0.767. The second-order valence-electron chi connectivity index (χ2n) is 4.96. The first-order valence-corrected chi connectivity index (χ1v) is 7.14. The molecule has 0 bridgehead atoms. The van der Waals surface area contributed by atoms with Crippen molar-refractivity contribution in [1.82, 2.24) is 5.32 Å². The average molecular weight is 267 g/mol. The Balaban J connectivity index is 3.23. The van der Waals surface area contributed by atoms with Gasteiger partial charge in [0.05, 0.1) is 7.11 Å². The monoisotopic (exact) mass is 267 g/mol. The number of hydrogen-bond donors (Lipinski definition) is 2. The van der Waals surface area contributed by atoms with Gasteiger partial charge in [0.25, 0.3) is 0 Å². The van der Waals surface area contributed by atoms with Crippen molar-refractivity contribution in [3.05, 3.63) is 28.8 Å². The summed E-state index contributed by atoms with van der Waals surface area (Å²) in [5.41, 5.74) is 3.91. The van der Waals surface area contributed by atoms with E-state index < -0.39 is 0 Å². The van der Waals surface area contributed by atoms with Gasteiger partial charge in [-0.15, -0.1) is 0 Å². The maximum absolute atomic E-state index is 5.48. The van der Waals surface area contributed by atoms with E-state index in [-0.39, 0.29) is 0 Å². The number of aryl methyl sites for hydroxylation is 1. The van der Waals surface area contributed by atoms with E-state index in [9.17, 15) is 0 Å². The Kier molecular flexibility index (Phi) is 6.03. The number of thiol groups is 1. The smallest absolute Gasteiger partial charge is 0.122 e. The molecule has 1 aromatic carbocycles. The average Bonchev–Trinajstić information content (AvgIpc) is 2.35. The second-order valence-corrected chi connectivity index (χ2v) is 5.41. The van der Waals surface area contributed by atoms with Crippen LogP contribution in [0.25, 0.3) is 0 Å². The van der Waals surface area contributed by atoms with Gasteiger partial charge in [0.15, 0.2) is 0 Å². The van der Waals surface area contributed by atoms with Crippen LogP contribution in [0.2, 0.25) is 0 Å². The fraction of sp³-hybridized carbons (Fsp3) is 0.600. The predicted octanol–water partition coefficient (Wildman–Crippen LogP) is 3.71. The van der Waals surface area contributed by atoms with Crippen LogP contribution in [-0.4, -0.2) is 19.9 Å². The number of benzene rings is 1. The molecular formula is C15H25NOS. The van der Waals surface area contributed by atoms with Gasteiger partial charge in [0.2, 0.25) is 0 Å². The number of methoxy groups -OCH3 is 1. The van der Waals surface area contributed by atoms with Crippen LogP contribution >= 0.6 is 12.6 Å². The van der Waals surface area contributed by atoms with Crippen molar-refractivity contribution in [3.63, 3.8) is 0 Å². The standard InChI is InChI=1S/C15H25NOS/c1-10(2)12-9-13(14(16-4)6-7-18)11(3)8-15(12)17-5/h8-10,14,16,18H,6-7H2,1-5H3. The molecule has 3 heteroatoms. The molecule has 1 N–H and O–H groups in total. The van der Waals surface area contributed by atoms with Gasteiger partial charge in [0.1, 0.15) is 5.75 Å². The Morgan fingerprint density at radius 2 is 1.94 bits per heavy atom. The molecule has 0 aromatic heterocycles. The minimum absolute atomic E-state index is 0.367. The molecule has 0 fully saturated rings. The van der Waals surface area contributed by atoms with Gasteiger partial charge >= 0.3 is 0 Å². The zero-order chi connectivity index (χ0) is 13.7. The van der Waals surface area contributed by atoms with Crippen molar-refractivity contribution in [1.29, 1.82) is 0 Å². The van der Waals surface area contributed by atoms with Crippen molar-refractivity contribution in [2.75, 3.05) is 19.9 Å². The van der Waals surface area contributed by atoms with Crippen LogP contribution < -0.4 is 10.1 Å². The summed E-state index contributed by atoms with van der Waals surface area (Å²) in [6.45, 7) is 6.54. The topological polar surface area (TPSA) is 21.3 Å². The Labute approximate surface area is 117 Å². The van der Waals surface area contributed by atoms with Crippen molar-refractivity contribution in [2.45, 2.75) is 39.2 Å². The third-order valence-corrected chi connectivity index (χ3v) is 3.64. The Morgan fingerprint density at radius 3 is 2.39 bits per heavy atom. The second kappa shape index (κ2) is 7.05. The molecular weight excluding hydrogens is 242 g/mol. The van der Waals surface area contributed by atoms with E-state index >= 15 is 0 Å². The minimum Gasteiger partial charge on any atom is -0.496 e. The van der Waals surface area contributed by atoms with E-state index in [0.29, 0.717) is 12.0 Å². The summed E-state index contributed by atoms with van der Waals surface area (Å²) < 4.78 is 5.48. The lowest BCUT2D eigenvalue weighted by molar-refractivity contribution is 0.406. The van der Waals surface area contributed by atoms with Gasteiger partial charge in [-0.05, 0) is 54.8 Å². The molecule has 0 aliphatic carbocycles. The van der Waals surface area contributed by atoms with E-state index in [1.807, 2.05) is 7.05 Å². The molecule has 0 radical (unpaired) electrons. The zero-order valence-corrected chi connectivity index (χ0v) is 13.0. The molecule has 2 nitrogen and oxygen atoms in total. The van der Waals surface area contributed by atoms with E-state index in [1.54, 1.807) is 7.11 Å². The lowest BCUT2D eigenvalue weighted by Crippen LogP contribution is -2.18. The summed E-state index contributed by atoms with van der Waals surface area (Å²) in [5, 5.41) is 3.37. The molecule has 0 aliphatic heterocycles. The zero-order valence-electron chi connectivity index (χ0n) is 12.1. The van der Waals surface area contributed by atoms with Crippen molar-refractivity contribution >= 4 is 12.6 Å². The molecule has 0 heterocycles. The summed E-state index contributed by atoms with van der Waals surface area (Å²) in [6, 6.07) is 4.79. The summed E-state index contributed by atoms with van der Waals surface area (Å²) in [4.78, 5) is 0. The Hall–Kier alpha value is -0.670. The van der Waals surface area contributed by atoms with Crippen molar-refractivity contribution in [2.24, 2.45) is 0 Å².